The van der Waals surface area contributed by atoms with Crippen molar-refractivity contribution < 1.29 is 4.79 Å². The number of hydrogen-bond acceptors (Lipinski definition) is 1. The van der Waals surface area contributed by atoms with Gasteiger partial charge in [0.05, 0.1) is 0 Å². The monoisotopic (exact) mass is 124 g/mol. The molecule has 0 aromatic heterocycles. The van der Waals surface area contributed by atoms with Crippen LogP contribution in [0, 0.1) is 17.8 Å². The Hall–Kier alpha value is -0.770. The van der Waals surface area contributed by atoms with Crippen LogP contribution in [0.2, 0.25) is 0 Å². The van der Waals surface area contributed by atoms with Crippen LogP contribution in [0.15, 0.2) is 0 Å². The third-order valence-corrected chi connectivity index (χ3v) is 1.08. The molecule has 0 atom stereocenters. The number of terminal acetylenes is 1. The molecule has 0 saturated heterocycles. The minimum absolute atomic E-state index is 0.151. The first-order valence-corrected chi connectivity index (χ1v) is 2.95. The Morgan fingerprint density at radius 3 is 2.22 bits per heavy atom. The second-order valence-electron chi connectivity index (χ2n) is 2.91. The molecule has 50 valence electrons. The summed E-state index contributed by atoms with van der Waals surface area (Å²) in [5.41, 5.74) is -0.258. The van der Waals surface area contributed by atoms with Crippen LogP contribution >= 0.6 is 0 Å². The highest BCUT2D eigenvalue weighted by molar-refractivity contribution is 5.76. The molecule has 0 unspecified atom stereocenters. The molecule has 0 saturated carbocycles. The van der Waals surface area contributed by atoms with Crippen molar-refractivity contribution in [3.05, 3.63) is 0 Å². The Morgan fingerprint density at radius 2 is 2.11 bits per heavy atom. The zero-order valence-electron chi connectivity index (χ0n) is 6.19. The molecule has 9 heavy (non-hydrogen) atoms. The summed E-state index contributed by atoms with van der Waals surface area (Å²) in [5.74, 6) is 2.70. The van der Waals surface area contributed by atoms with E-state index in [2.05, 4.69) is 5.92 Å². The van der Waals surface area contributed by atoms with Crippen LogP contribution in [0.25, 0.3) is 0 Å². The van der Waals surface area contributed by atoms with Gasteiger partial charge in [-0.25, -0.2) is 0 Å². The molecule has 0 aromatic carbocycles. The van der Waals surface area contributed by atoms with Gasteiger partial charge in [-0.1, -0.05) is 0 Å². The highest BCUT2D eigenvalue weighted by atomic mass is 16.1. The van der Waals surface area contributed by atoms with Crippen LogP contribution in [0.1, 0.15) is 27.2 Å². The first kappa shape index (κ1) is 8.23. The van der Waals surface area contributed by atoms with Gasteiger partial charge in [-0.3, -0.25) is 4.79 Å². The summed E-state index contributed by atoms with van der Waals surface area (Å²) in [5, 5.41) is 0. The molecule has 0 fully saturated rings. The molecule has 0 aliphatic heterocycles. The van der Waals surface area contributed by atoms with Gasteiger partial charge in [-0.15, -0.1) is 12.3 Å². The Kier molecular flexibility index (Phi) is 2.45. The standard InChI is InChI=1S/C8H12O/c1-5-8(3,4)6-7(2)9/h1H,6H2,2-4H3. The first-order valence-electron chi connectivity index (χ1n) is 2.95. The van der Waals surface area contributed by atoms with Gasteiger partial charge in [-0.05, 0) is 20.8 Å². The molecular weight excluding hydrogens is 112 g/mol. The molecule has 0 N–H and O–H groups in total. The van der Waals surface area contributed by atoms with Crippen LogP contribution in [-0.4, -0.2) is 5.78 Å². The maximum absolute atomic E-state index is 10.5. The smallest absolute Gasteiger partial charge is 0.131 e. The van der Waals surface area contributed by atoms with Crippen molar-refractivity contribution >= 4 is 5.78 Å². The highest BCUT2D eigenvalue weighted by Gasteiger charge is 2.15. The van der Waals surface area contributed by atoms with E-state index in [4.69, 9.17) is 6.42 Å². The summed E-state index contributed by atoms with van der Waals surface area (Å²) >= 11 is 0. The van der Waals surface area contributed by atoms with Gasteiger partial charge in [0.1, 0.15) is 5.78 Å². The molecule has 0 aliphatic carbocycles. The van der Waals surface area contributed by atoms with Crippen molar-refractivity contribution in [2.75, 3.05) is 0 Å². The fourth-order valence-electron chi connectivity index (χ4n) is 0.673. The number of Topliss-reactive ketones (excluding diaryl/α,β-unsaturated/α-hetero) is 1. The average Bonchev–Trinajstić information content (AvgIpc) is 1.63. The molecule has 1 heteroatoms. The minimum atomic E-state index is -0.258. The summed E-state index contributed by atoms with van der Waals surface area (Å²) in [6.07, 6.45) is 5.63. The van der Waals surface area contributed by atoms with Crippen molar-refractivity contribution in [3.8, 4) is 12.3 Å². The third-order valence-electron chi connectivity index (χ3n) is 1.08. The molecule has 0 spiro atoms. The van der Waals surface area contributed by atoms with E-state index in [1.807, 2.05) is 13.8 Å². The Labute approximate surface area is 56.5 Å². The van der Waals surface area contributed by atoms with E-state index >= 15 is 0 Å². The van der Waals surface area contributed by atoms with Gasteiger partial charge in [0.25, 0.3) is 0 Å². The van der Waals surface area contributed by atoms with Crippen LogP contribution < -0.4 is 0 Å². The normalized spacial score (nSPS) is 10.4. The zero-order valence-corrected chi connectivity index (χ0v) is 6.19. The quantitative estimate of drug-likeness (QED) is 0.511. The van der Waals surface area contributed by atoms with Gasteiger partial charge < -0.3 is 0 Å². The van der Waals surface area contributed by atoms with E-state index in [1.54, 1.807) is 6.92 Å². The summed E-state index contributed by atoms with van der Waals surface area (Å²) in [7, 11) is 0. The number of carbonyl (C=O) groups excluding carboxylic acids is 1. The van der Waals surface area contributed by atoms with E-state index in [1.165, 1.54) is 0 Å². The highest BCUT2D eigenvalue weighted by Crippen LogP contribution is 2.17. The minimum Gasteiger partial charge on any atom is -0.300 e. The van der Waals surface area contributed by atoms with Crippen molar-refractivity contribution in [2.24, 2.45) is 5.41 Å². The predicted octanol–water partition coefficient (Wildman–Crippen LogP) is 1.62. The molecule has 0 rings (SSSR count). The summed E-state index contributed by atoms with van der Waals surface area (Å²) in [6.45, 7) is 5.32. The summed E-state index contributed by atoms with van der Waals surface area (Å²) in [4.78, 5) is 10.5. The van der Waals surface area contributed by atoms with Gasteiger partial charge >= 0.3 is 0 Å². The molecule has 0 heterocycles. The largest absolute Gasteiger partial charge is 0.300 e. The molecule has 0 radical (unpaired) electrons. The lowest BCUT2D eigenvalue weighted by molar-refractivity contribution is -0.118. The fourth-order valence-corrected chi connectivity index (χ4v) is 0.673. The van der Waals surface area contributed by atoms with E-state index in [0.29, 0.717) is 6.42 Å². The van der Waals surface area contributed by atoms with Crippen molar-refractivity contribution in [1.82, 2.24) is 0 Å². The Balaban J connectivity index is 3.91. The van der Waals surface area contributed by atoms with Crippen molar-refractivity contribution in [2.45, 2.75) is 27.2 Å². The lowest BCUT2D eigenvalue weighted by atomic mass is 9.89. The van der Waals surface area contributed by atoms with Crippen molar-refractivity contribution in [3.63, 3.8) is 0 Å². The maximum atomic E-state index is 10.5. The predicted molar refractivity (Wildman–Crippen MR) is 37.9 cm³/mol. The van der Waals surface area contributed by atoms with E-state index in [0.717, 1.165) is 0 Å². The molecule has 0 amide bonds. The van der Waals surface area contributed by atoms with E-state index < -0.39 is 0 Å². The van der Waals surface area contributed by atoms with Gasteiger partial charge in [0.2, 0.25) is 0 Å². The molecular formula is C8H12O. The second-order valence-corrected chi connectivity index (χ2v) is 2.91. The van der Waals surface area contributed by atoms with Crippen LogP contribution in [-0.2, 0) is 4.79 Å². The van der Waals surface area contributed by atoms with Gasteiger partial charge in [0.15, 0.2) is 0 Å². The average molecular weight is 124 g/mol. The molecule has 1 nitrogen and oxygen atoms in total. The lowest BCUT2D eigenvalue weighted by Gasteiger charge is -2.13. The van der Waals surface area contributed by atoms with Crippen LogP contribution in [0.5, 0.6) is 0 Å². The fraction of sp³-hybridized carbons (Fsp3) is 0.625. The number of rotatable bonds is 2. The molecule has 0 bridgehead atoms. The summed E-state index contributed by atoms with van der Waals surface area (Å²) in [6, 6.07) is 0. The van der Waals surface area contributed by atoms with Gasteiger partial charge in [0, 0.05) is 11.8 Å². The van der Waals surface area contributed by atoms with Crippen molar-refractivity contribution in [1.29, 1.82) is 0 Å². The van der Waals surface area contributed by atoms with Crippen LogP contribution in [0.4, 0.5) is 0 Å². The van der Waals surface area contributed by atoms with Crippen LogP contribution in [0.3, 0.4) is 0 Å². The number of ketones is 1. The maximum Gasteiger partial charge on any atom is 0.131 e. The Morgan fingerprint density at radius 1 is 1.67 bits per heavy atom. The van der Waals surface area contributed by atoms with Gasteiger partial charge in [-0.2, -0.15) is 0 Å². The third kappa shape index (κ3) is 3.78. The SMILES string of the molecule is C#CC(C)(C)CC(C)=O. The van der Waals surface area contributed by atoms with E-state index in [-0.39, 0.29) is 11.2 Å². The summed E-state index contributed by atoms with van der Waals surface area (Å²) < 4.78 is 0. The number of carbonyl (C=O) groups is 1. The zero-order chi connectivity index (χ0) is 7.49. The number of hydrogen-bond donors (Lipinski definition) is 0. The topological polar surface area (TPSA) is 17.1 Å². The Bertz CT molecular complexity index is 148. The second kappa shape index (κ2) is 2.68. The van der Waals surface area contributed by atoms with E-state index in [9.17, 15) is 4.79 Å². The molecule has 0 aliphatic rings. The molecule has 0 aromatic rings. The first-order chi connectivity index (χ1) is 3.98. The lowest BCUT2D eigenvalue weighted by Crippen LogP contribution is -2.12.